The van der Waals surface area contributed by atoms with Crippen LogP contribution in [0.15, 0.2) is 45.1 Å². The number of methoxy groups -OCH3 is 1. The van der Waals surface area contributed by atoms with Crippen LogP contribution < -0.4 is 21.9 Å². The number of carbonyl (C=O) groups is 2. The number of carbonyl (C=O) groups excluding carboxylic acids is 2. The minimum absolute atomic E-state index is 0.0146. The quantitative estimate of drug-likeness (QED) is 0.151. The number of likely N-dealkylation sites (N-methyl/N-ethyl adjacent to an activating group) is 1. The summed E-state index contributed by atoms with van der Waals surface area (Å²) in [7, 11) is 5.77. The molecule has 4 rings (SSSR count). The normalized spacial score (nSPS) is 15.3. The summed E-state index contributed by atoms with van der Waals surface area (Å²) in [6, 6.07) is 3.87. The maximum absolute atomic E-state index is 13.4. The van der Waals surface area contributed by atoms with Crippen LogP contribution in [-0.4, -0.2) is 74.4 Å². The summed E-state index contributed by atoms with van der Waals surface area (Å²) < 4.78 is 14.1. The summed E-state index contributed by atoms with van der Waals surface area (Å²) in [5.41, 5.74) is -0.835. The maximum atomic E-state index is 13.4. The maximum Gasteiger partial charge on any atom is 0.338 e. The minimum Gasteiger partial charge on any atom is -0.463 e. The van der Waals surface area contributed by atoms with E-state index < -0.39 is 34.2 Å². The average Bonchev–Trinajstić information content (AvgIpc) is 3.31. The molecule has 0 saturated carbocycles. The smallest absolute Gasteiger partial charge is 0.338 e. The number of urea groups is 1. The van der Waals surface area contributed by atoms with Crippen molar-refractivity contribution in [3.63, 3.8) is 0 Å². The van der Waals surface area contributed by atoms with Crippen molar-refractivity contribution in [1.82, 2.24) is 28.9 Å². The number of ether oxygens (including phenoxy) is 2. The molecule has 41 heavy (non-hydrogen) atoms. The molecule has 16 heteroatoms. The molecule has 1 aromatic carbocycles. The van der Waals surface area contributed by atoms with Crippen LogP contribution in [0.3, 0.4) is 0 Å². The van der Waals surface area contributed by atoms with Crippen molar-refractivity contribution in [2.24, 2.45) is 14.1 Å². The highest BCUT2D eigenvalue weighted by Gasteiger charge is 2.38. The van der Waals surface area contributed by atoms with Gasteiger partial charge in [0.05, 0.1) is 42.0 Å². The number of nitrogens with one attached hydrogen (secondary N) is 2. The first kappa shape index (κ1) is 29.0. The van der Waals surface area contributed by atoms with Gasteiger partial charge in [0.2, 0.25) is 5.95 Å². The van der Waals surface area contributed by atoms with Gasteiger partial charge >= 0.3 is 17.7 Å². The number of imidazole rings is 1. The molecule has 1 unspecified atom stereocenters. The van der Waals surface area contributed by atoms with Crippen LogP contribution in [0.5, 0.6) is 0 Å². The van der Waals surface area contributed by atoms with Crippen LogP contribution in [0.25, 0.3) is 11.2 Å². The Labute approximate surface area is 232 Å². The van der Waals surface area contributed by atoms with Gasteiger partial charge in [-0.3, -0.25) is 33.5 Å². The number of fused-ring (bicyclic) bond motifs is 1. The highest BCUT2D eigenvalue weighted by atomic mass is 16.6. The molecule has 2 N–H and O–H groups in total. The molecule has 0 saturated heterocycles. The van der Waals surface area contributed by atoms with Crippen molar-refractivity contribution in [3.8, 4) is 0 Å². The number of hydrogen-bond acceptors (Lipinski definition) is 10. The minimum atomic E-state index is -1.10. The second-order valence-corrected chi connectivity index (χ2v) is 9.19. The Hall–Kier alpha value is -4.99. The number of anilines is 1. The number of esters is 1. The lowest BCUT2D eigenvalue weighted by Gasteiger charge is -2.35. The van der Waals surface area contributed by atoms with E-state index in [0.717, 1.165) is 4.57 Å². The Kier molecular flexibility index (Phi) is 8.23. The molecular weight excluding hydrogens is 540 g/mol. The molecule has 1 aliphatic heterocycles. The van der Waals surface area contributed by atoms with Crippen LogP contribution in [0.1, 0.15) is 18.5 Å². The van der Waals surface area contributed by atoms with Gasteiger partial charge in [0.1, 0.15) is 0 Å². The second kappa shape index (κ2) is 11.6. The Bertz CT molecular complexity index is 1680. The summed E-state index contributed by atoms with van der Waals surface area (Å²) in [5, 5.41) is 17.2. The Morgan fingerprint density at radius 3 is 2.59 bits per heavy atom. The molecule has 0 bridgehead atoms. The third-order valence-corrected chi connectivity index (χ3v) is 6.73. The molecule has 0 spiro atoms. The largest absolute Gasteiger partial charge is 0.463 e. The number of nitro benzene ring substituents is 1. The molecular formula is C25H30N8O8. The van der Waals surface area contributed by atoms with Gasteiger partial charge in [-0.05, 0) is 12.5 Å². The topological polar surface area (TPSA) is 185 Å². The molecule has 0 radical (unpaired) electrons. The first-order valence-corrected chi connectivity index (χ1v) is 12.6. The van der Waals surface area contributed by atoms with E-state index in [1.165, 1.54) is 60.5 Å². The van der Waals surface area contributed by atoms with Crippen molar-refractivity contribution in [3.05, 3.63) is 72.1 Å². The Morgan fingerprint density at radius 1 is 1.20 bits per heavy atom. The first-order valence-electron chi connectivity index (χ1n) is 12.6. The second-order valence-electron chi connectivity index (χ2n) is 9.19. The van der Waals surface area contributed by atoms with Gasteiger partial charge < -0.3 is 20.1 Å². The molecule has 0 aliphatic carbocycles. The Morgan fingerprint density at radius 2 is 1.93 bits per heavy atom. The number of non-ortho nitro benzene ring substituents is 1. The number of rotatable bonds is 10. The van der Waals surface area contributed by atoms with Gasteiger partial charge in [-0.1, -0.05) is 12.1 Å². The molecule has 3 aromatic rings. The van der Waals surface area contributed by atoms with Crippen molar-refractivity contribution >= 4 is 34.8 Å². The molecule has 16 nitrogen and oxygen atoms in total. The summed E-state index contributed by atoms with van der Waals surface area (Å²) >= 11 is 0. The first-order chi connectivity index (χ1) is 19.5. The van der Waals surface area contributed by atoms with Crippen LogP contribution in [0.2, 0.25) is 0 Å². The lowest BCUT2D eigenvalue weighted by atomic mass is 9.94. The number of nitro groups is 1. The summed E-state index contributed by atoms with van der Waals surface area (Å²) in [4.78, 5) is 69.1. The number of aromatic nitrogens is 4. The van der Waals surface area contributed by atoms with Crippen LogP contribution in [-0.2, 0) is 34.9 Å². The number of amides is 2. The van der Waals surface area contributed by atoms with E-state index >= 15 is 0 Å². The van der Waals surface area contributed by atoms with Gasteiger partial charge in [0, 0.05) is 46.9 Å². The van der Waals surface area contributed by atoms with E-state index in [1.54, 1.807) is 13.0 Å². The van der Waals surface area contributed by atoms with E-state index in [4.69, 9.17) is 9.47 Å². The van der Waals surface area contributed by atoms with Crippen molar-refractivity contribution < 1.29 is 24.0 Å². The van der Waals surface area contributed by atoms with E-state index in [-0.39, 0.29) is 52.8 Å². The fourth-order valence-electron chi connectivity index (χ4n) is 4.62. The predicted octanol–water partition coefficient (Wildman–Crippen LogP) is 0.614. The number of aryl methyl sites for hydroxylation is 1. The third kappa shape index (κ3) is 5.28. The third-order valence-electron chi connectivity index (χ3n) is 6.73. The number of benzene rings is 1. The van der Waals surface area contributed by atoms with Gasteiger partial charge in [-0.25, -0.2) is 14.4 Å². The average molecular weight is 571 g/mol. The van der Waals surface area contributed by atoms with E-state index in [9.17, 15) is 29.3 Å². The summed E-state index contributed by atoms with van der Waals surface area (Å²) in [6.07, 6.45) is 0. The fraction of sp³-hybridized carbons (Fsp3) is 0.400. The molecule has 2 aromatic heterocycles. The number of hydrogen-bond donors (Lipinski definition) is 2. The van der Waals surface area contributed by atoms with Crippen molar-refractivity contribution in [2.75, 3.05) is 39.2 Å². The van der Waals surface area contributed by atoms with Crippen molar-refractivity contribution in [2.45, 2.75) is 19.5 Å². The van der Waals surface area contributed by atoms with Gasteiger partial charge in [-0.2, -0.15) is 4.98 Å². The van der Waals surface area contributed by atoms with Crippen LogP contribution >= 0.6 is 0 Å². The van der Waals surface area contributed by atoms with Gasteiger partial charge in [0.15, 0.2) is 11.2 Å². The predicted molar refractivity (Wildman–Crippen MR) is 146 cm³/mol. The molecule has 2 amide bonds. The highest BCUT2D eigenvalue weighted by molar-refractivity contribution is 5.95. The number of nitrogens with zero attached hydrogens (tertiary/aromatic N) is 6. The molecule has 1 atom stereocenters. The fourth-order valence-corrected chi connectivity index (χ4v) is 4.62. The zero-order valence-electron chi connectivity index (χ0n) is 23.2. The number of allylic oxidation sites excluding steroid dienone is 1. The monoisotopic (exact) mass is 570 g/mol. The van der Waals surface area contributed by atoms with E-state index in [2.05, 4.69) is 15.6 Å². The lowest BCUT2D eigenvalue weighted by molar-refractivity contribution is -0.384. The zero-order chi connectivity index (χ0) is 30.0. The zero-order valence-corrected chi connectivity index (χ0v) is 23.2. The molecule has 0 fully saturated rings. The SMILES string of the molecule is CCOC(=O)C1=C(Cn2c(NCCOC)nc3c2c(=O)n(C)c(=O)n3C)N(C)C(=O)NC1c1cccc([N+](=O)[O-])c1. The van der Waals surface area contributed by atoms with E-state index in [0.29, 0.717) is 13.2 Å². The Balaban J connectivity index is 2.00. The van der Waals surface area contributed by atoms with Crippen LogP contribution in [0.4, 0.5) is 16.4 Å². The molecule has 218 valence electrons. The van der Waals surface area contributed by atoms with Gasteiger partial charge in [0.25, 0.3) is 11.2 Å². The molecule has 1 aliphatic rings. The summed E-state index contributed by atoms with van der Waals surface area (Å²) in [5.74, 6) is -0.568. The standard InChI is InChI=1S/C25H30N8O8/c1-6-41-22(35)17-16(29(2)24(36)27-18(17)14-8-7-9-15(12-14)33(38)39)13-32-19-20(28-23(32)26-10-11-40-5)30(3)25(37)31(4)21(19)34/h7-9,12,18H,6,10-11,13H2,1-5H3,(H,26,28)(H,27,36). The lowest BCUT2D eigenvalue weighted by Crippen LogP contribution is -2.48. The van der Waals surface area contributed by atoms with Crippen LogP contribution in [0, 0.1) is 10.1 Å². The van der Waals surface area contributed by atoms with E-state index in [1.807, 2.05) is 0 Å². The molecule has 3 heterocycles. The summed E-state index contributed by atoms with van der Waals surface area (Å²) in [6.45, 7) is 2.02. The van der Waals surface area contributed by atoms with Gasteiger partial charge in [-0.15, -0.1) is 0 Å². The highest BCUT2D eigenvalue weighted by Crippen LogP contribution is 2.34. The van der Waals surface area contributed by atoms with Crippen molar-refractivity contribution in [1.29, 1.82) is 0 Å².